The van der Waals surface area contributed by atoms with E-state index in [1.807, 2.05) is 6.92 Å². The van der Waals surface area contributed by atoms with Crippen LogP contribution in [0.4, 0.5) is 0 Å². The quantitative estimate of drug-likeness (QED) is 0.641. The summed E-state index contributed by atoms with van der Waals surface area (Å²) in [7, 11) is 1.69. The SMILES string of the molecule is COCCNCCC(C)(O)C(C)(C)C. The molecule has 0 radical (unpaired) electrons. The van der Waals surface area contributed by atoms with Crippen molar-refractivity contribution in [2.24, 2.45) is 5.41 Å². The molecule has 0 bridgehead atoms. The van der Waals surface area contributed by atoms with Crippen LogP contribution in [0.25, 0.3) is 0 Å². The highest BCUT2D eigenvalue weighted by atomic mass is 16.5. The summed E-state index contributed by atoms with van der Waals surface area (Å²) >= 11 is 0. The smallest absolute Gasteiger partial charge is 0.0679 e. The van der Waals surface area contributed by atoms with Crippen molar-refractivity contribution in [3.05, 3.63) is 0 Å². The lowest BCUT2D eigenvalue weighted by molar-refractivity contribution is -0.0474. The van der Waals surface area contributed by atoms with Crippen LogP contribution in [-0.2, 0) is 4.74 Å². The van der Waals surface area contributed by atoms with Crippen molar-refractivity contribution in [1.29, 1.82) is 0 Å². The van der Waals surface area contributed by atoms with Gasteiger partial charge in [-0.05, 0) is 25.3 Å². The van der Waals surface area contributed by atoms with Gasteiger partial charge in [-0.3, -0.25) is 0 Å². The summed E-state index contributed by atoms with van der Waals surface area (Å²) in [6, 6.07) is 0. The minimum absolute atomic E-state index is 0.0735. The Morgan fingerprint density at radius 3 is 2.14 bits per heavy atom. The molecular weight excluding hydrogens is 178 g/mol. The average molecular weight is 203 g/mol. The molecule has 3 nitrogen and oxygen atoms in total. The van der Waals surface area contributed by atoms with Crippen LogP contribution in [0.15, 0.2) is 0 Å². The fraction of sp³-hybridized carbons (Fsp3) is 1.00. The van der Waals surface area contributed by atoms with Gasteiger partial charge in [0, 0.05) is 13.7 Å². The minimum Gasteiger partial charge on any atom is -0.390 e. The van der Waals surface area contributed by atoms with Gasteiger partial charge in [-0.15, -0.1) is 0 Å². The first kappa shape index (κ1) is 13.9. The predicted molar refractivity (Wildman–Crippen MR) is 59.4 cm³/mol. The van der Waals surface area contributed by atoms with Gasteiger partial charge in [0.05, 0.1) is 12.2 Å². The van der Waals surface area contributed by atoms with E-state index >= 15 is 0 Å². The predicted octanol–water partition coefficient (Wildman–Crippen LogP) is 1.41. The Kier molecular flexibility index (Phi) is 5.64. The van der Waals surface area contributed by atoms with Crippen molar-refractivity contribution in [3.63, 3.8) is 0 Å². The first-order valence-corrected chi connectivity index (χ1v) is 5.23. The highest BCUT2D eigenvalue weighted by Gasteiger charge is 2.34. The molecule has 0 aromatic heterocycles. The van der Waals surface area contributed by atoms with E-state index in [9.17, 15) is 5.11 Å². The molecule has 0 fully saturated rings. The third-order valence-corrected chi connectivity index (χ3v) is 2.89. The molecule has 0 aromatic carbocycles. The first-order chi connectivity index (χ1) is 6.31. The molecule has 0 aliphatic carbocycles. The zero-order chi connectivity index (χ0) is 11.2. The highest BCUT2D eigenvalue weighted by Crippen LogP contribution is 2.32. The molecule has 0 rings (SSSR count). The van der Waals surface area contributed by atoms with E-state index in [1.165, 1.54) is 0 Å². The van der Waals surface area contributed by atoms with E-state index in [2.05, 4.69) is 26.1 Å². The second-order valence-corrected chi connectivity index (χ2v) is 5.02. The Bertz CT molecular complexity index is 150. The minimum atomic E-state index is -0.618. The number of hydrogen-bond donors (Lipinski definition) is 2. The topological polar surface area (TPSA) is 41.5 Å². The zero-order valence-corrected chi connectivity index (χ0v) is 10.2. The van der Waals surface area contributed by atoms with Crippen molar-refractivity contribution in [2.45, 2.75) is 39.7 Å². The van der Waals surface area contributed by atoms with Gasteiger partial charge in [-0.2, -0.15) is 0 Å². The fourth-order valence-electron chi connectivity index (χ4n) is 1.01. The van der Waals surface area contributed by atoms with Crippen LogP contribution >= 0.6 is 0 Å². The second kappa shape index (κ2) is 5.69. The largest absolute Gasteiger partial charge is 0.390 e. The van der Waals surface area contributed by atoms with Crippen LogP contribution in [0.5, 0.6) is 0 Å². The van der Waals surface area contributed by atoms with Crippen LogP contribution in [0, 0.1) is 5.41 Å². The second-order valence-electron chi connectivity index (χ2n) is 5.02. The van der Waals surface area contributed by atoms with Crippen LogP contribution in [-0.4, -0.2) is 37.5 Å². The first-order valence-electron chi connectivity index (χ1n) is 5.23. The van der Waals surface area contributed by atoms with Gasteiger partial charge < -0.3 is 15.2 Å². The third kappa shape index (κ3) is 4.94. The van der Waals surface area contributed by atoms with Crippen molar-refractivity contribution < 1.29 is 9.84 Å². The molecule has 0 aliphatic rings. The van der Waals surface area contributed by atoms with E-state index in [4.69, 9.17) is 4.74 Å². The molecular formula is C11H25NO2. The van der Waals surface area contributed by atoms with Crippen molar-refractivity contribution >= 4 is 0 Å². The number of methoxy groups -OCH3 is 1. The van der Waals surface area contributed by atoms with E-state index in [0.29, 0.717) is 0 Å². The Morgan fingerprint density at radius 2 is 1.71 bits per heavy atom. The standard InChI is InChI=1S/C11H25NO2/c1-10(2,3)11(4,13)6-7-12-8-9-14-5/h12-13H,6-9H2,1-5H3. The molecule has 86 valence electrons. The Hall–Kier alpha value is -0.120. The fourth-order valence-corrected chi connectivity index (χ4v) is 1.01. The summed E-state index contributed by atoms with van der Waals surface area (Å²) in [4.78, 5) is 0. The zero-order valence-electron chi connectivity index (χ0n) is 10.2. The maximum absolute atomic E-state index is 10.1. The van der Waals surface area contributed by atoms with Crippen molar-refractivity contribution in [2.75, 3.05) is 26.8 Å². The number of ether oxygens (including phenoxy) is 1. The maximum Gasteiger partial charge on any atom is 0.0679 e. The van der Waals surface area contributed by atoms with E-state index in [-0.39, 0.29) is 5.41 Å². The number of aliphatic hydroxyl groups is 1. The summed E-state index contributed by atoms with van der Waals surface area (Å²) < 4.78 is 4.92. The summed E-state index contributed by atoms with van der Waals surface area (Å²) in [6.45, 7) is 10.5. The highest BCUT2D eigenvalue weighted by molar-refractivity contribution is 4.86. The Labute approximate surface area is 87.8 Å². The lowest BCUT2D eigenvalue weighted by atomic mass is 9.76. The van der Waals surface area contributed by atoms with Gasteiger partial charge in [-0.1, -0.05) is 20.8 Å². The van der Waals surface area contributed by atoms with Crippen LogP contribution in [0.2, 0.25) is 0 Å². The Morgan fingerprint density at radius 1 is 1.14 bits per heavy atom. The molecule has 3 heteroatoms. The maximum atomic E-state index is 10.1. The summed E-state index contributed by atoms with van der Waals surface area (Å²) in [5.74, 6) is 0. The lowest BCUT2D eigenvalue weighted by Crippen LogP contribution is -2.42. The van der Waals surface area contributed by atoms with E-state index in [0.717, 1.165) is 26.1 Å². The molecule has 0 aromatic rings. The van der Waals surface area contributed by atoms with Gasteiger partial charge in [0.25, 0.3) is 0 Å². The molecule has 0 heterocycles. The molecule has 0 spiro atoms. The number of hydrogen-bond acceptors (Lipinski definition) is 3. The molecule has 2 N–H and O–H groups in total. The molecule has 0 saturated heterocycles. The van der Waals surface area contributed by atoms with E-state index in [1.54, 1.807) is 7.11 Å². The summed E-state index contributed by atoms with van der Waals surface area (Å²) in [5.41, 5.74) is -0.691. The summed E-state index contributed by atoms with van der Waals surface area (Å²) in [6.07, 6.45) is 0.764. The lowest BCUT2D eigenvalue weighted by Gasteiger charge is -2.37. The monoisotopic (exact) mass is 203 g/mol. The van der Waals surface area contributed by atoms with Crippen LogP contribution in [0.3, 0.4) is 0 Å². The summed E-state index contributed by atoms with van der Waals surface area (Å²) in [5, 5.41) is 13.4. The normalized spacial score (nSPS) is 16.7. The van der Waals surface area contributed by atoms with Crippen molar-refractivity contribution in [1.82, 2.24) is 5.32 Å². The molecule has 0 saturated carbocycles. The van der Waals surface area contributed by atoms with Crippen LogP contribution < -0.4 is 5.32 Å². The molecule has 1 unspecified atom stereocenters. The van der Waals surface area contributed by atoms with Gasteiger partial charge in [-0.25, -0.2) is 0 Å². The number of nitrogens with one attached hydrogen (secondary N) is 1. The molecule has 1 atom stereocenters. The molecule has 0 aliphatic heterocycles. The van der Waals surface area contributed by atoms with Gasteiger partial charge in [0.1, 0.15) is 0 Å². The van der Waals surface area contributed by atoms with Crippen LogP contribution in [0.1, 0.15) is 34.1 Å². The van der Waals surface area contributed by atoms with E-state index < -0.39 is 5.60 Å². The molecule has 0 amide bonds. The van der Waals surface area contributed by atoms with Gasteiger partial charge in [0.15, 0.2) is 0 Å². The average Bonchev–Trinajstić information content (AvgIpc) is 2.02. The molecule has 14 heavy (non-hydrogen) atoms. The third-order valence-electron chi connectivity index (χ3n) is 2.89. The Balaban J connectivity index is 3.67. The van der Waals surface area contributed by atoms with Gasteiger partial charge in [0.2, 0.25) is 0 Å². The number of rotatable bonds is 6. The van der Waals surface area contributed by atoms with Gasteiger partial charge >= 0.3 is 0 Å². The van der Waals surface area contributed by atoms with Crippen molar-refractivity contribution in [3.8, 4) is 0 Å².